The Morgan fingerprint density at radius 3 is 2.57 bits per heavy atom. The van der Waals surface area contributed by atoms with Crippen LogP contribution in [0.2, 0.25) is 0 Å². The van der Waals surface area contributed by atoms with Crippen molar-refractivity contribution in [3.63, 3.8) is 0 Å². The normalized spacial score (nSPS) is 19.1. The molecule has 3 aliphatic heterocycles. The van der Waals surface area contributed by atoms with Gasteiger partial charge in [-0.3, -0.25) is 9.59 Å². The van der Waals surface area contributed by atoms with Crippen molar-refractivity contribution in [1.29, 1.82) is 0 Å². The molecule has 0 saturated carbocycles. The molecule has 6 rings (SSSR count). The summed E-state index contributed by atoms with van der Waals surface area (Å²) in [5, 5.41) is 2.77. The SMILES string of the molecule is O=C1CCCN1c1ccc(-c2cnc(Nc3cnc4c(c3)N3C(=O)CC[C@H]3CO4)nc2C(F)(F)F)cc1. The van der Waals surface area contributed by atoms with Crippen molar-refractivity contribution in [3.05, 3.63) is 48.4 Å². The molecule has 0 unspecified atom stereocenters. The number of carbonyl (C=O) groups excluding carboxylic acids is 2. The highest BCUT2D eigenvalue weighted by atomic mass is 19.4. The van der Waals surface area contributed by atoms with Crippen LogP contribution in [0.15, 0.2) is 42.7 Å². The second-order valence-corrected chi connectivity index (χ2v) is 9.09. The zero-order valence-electron chi connectivity index (χ0n) is 19.5. The number of halogens is 3. The van der Waals surface area contributed by atoms with Crippen molar-refractivity contribution in [2.45, 2.75) is 37.9 Å². The van der Waals surface area contributed by atoms with Crippen LogP contribution in [-0.2, 0) is 15.8 Å². The highest BCUT2D eigenvalue weighted by Gasteiger charge is 2.39. The first kappa shape index (κ1) is 23.2. The van der Waals surface area contributed by atoms with Crippen LogP contribution in [-0.4, -0.2) is 46.0 Å². The van der Waals surface area contributed by atoms with Crippen molar-refractivity contribution in [3.8, 4) is 17.0 Å². The number of benzene rings is 1. The Bertz CT molecular complexity index is 1400. The largest absolute Gasteiger partial charge is 0.474 e. The molecule has 0 radical (unpaired) electrons. The summed E-state index contributed by atoms with van der Waals surface area (Å²) in [5.41, 5.74) is 0.428. The molecule has 2 fully saturated rings. The monoisotopic (exact) mass is 510 g/mol. The standard InChI is InChI=1S/C25H21F3N6O3/c26-25(27,28)22-18(14-3-5-16(6-4-14)33-9-1-2-20(33)35)12-30-24(32-22)31-15-10-19-23(29-11-15)37-13-17-7-8-21(36)34(17)19/h3-6,10-12,17H,1-2,7-9,13H2,(H,30,31,32)/t17-/m0/s1. The van der Waals surface area contributed by atoms with E-state index in [1.165, 1.54) is 18.3 Å². The number of pyridine rings is 1. The van der Waals surface area contributed by atoms with Crippen LogP contribution in [0.5, 0.6) is 5.88 Å². The first-order valence-electron chi connectivity index (χ1n) is 11.8. The molecule has 12 heteroatoms. The number of carbonyl (C=O) groups is 2. The van der Waals surface area contributed by atoms with E-state index in [0.717, 1.165) is 12.6 Å². The minimum Gasteiger partial charge on any atom is -0.474 e. The van der Waals surface area contributed by atoms with Crippen molar-refractivity contribution in [2.24, 2.45) is 0 Å². The molecule has 2 saturated heterocycles. The van der Waals surface area contributed by atoms with E-state index in [-0.39, 0.29) is 34.9 Å². The molecule has 1 N–H and O–H groups in total. The third-order valence-corrected chi connectivity index (χ3v) is 6.71. The van der Waals surface area contributed by atoms with Crippen LogP contribution in [0.25, 0.3) is 11.1 Å². The summed E-state index contributed by atoms with van der Waals surface area (Å²) in [6.45, 7) is 0.944. The Labute approximate surface area is 209 Å². The maximum absolute atomic E-state index is 14.0. The van der Waals surface area contributed by atoms with Crippen LogP contribution >= 0.6 is 0 Å². The highest BCUT2D eigenvalue weighted by molar-refractivity contribution is 5.98. The van der Waals surface area contributed by atoms with Crippen molar-refractivity contribution in [1.82, 2.24) is 15.0 Å². The number of alkyl halides is 3. The minimum absolute atomic E-state index is 0.00432. The first-order valence-corrected chi connectivity index (χ1v) is 11.8. The van der Waals surface area contributed by atoms with Gasteiger partial charge in [-0.05, 0) is 36.6 Å². The number of hydrogen-bond acceptors (Lipinski definition) is 7. The van der Waals surface area contributed by atoms with Gasteiger partial charge in [-0.2, -0.15) is 13.2 Å². The van der Waals surface area contributed by atoms with E-state index in [1.807, 2.05) is 0 Å². The summed E-state index contributed by atoms with van der Waals surface area (Å²) >= 11 is 0. The summed E-state index contributed by atoms with van der Waals surface area (Å²) in [4.78, 5) is 39.6. The molecule has 190 valence electrons. The lowest BCUT2D eigenvalue weighted by molar-refractivity contribution is -0.140. The molecular weight excluding hydrogens is 489 g/mol. The van der Waals surface area contributed by atoms with Crippen molar-refractivity contribution >= 4 is 34.8 Å². The predicted molar refractivity (Wildman–Crippen MR) is 128 cm³/mol. The van der Waals surface area contributed by atoms with Gasteiger partial charge in [0.05, 0.1) is 17.9 Å². The number of aromatic nitrogens is 3. The number of nitrogens with one attached hydrogen (secondary N) is 1. The zero-order chi connectivity index (χ0) is 25.7. The molecular formula is C25H21F3N6O3. The summed E-state index contributed by atoms with van der Waals surface area (Å²) in [7, 11) is 0. The lowest BCUT2D eigenvalue weighted by atomic mass is 10.0. The van der Waals surface area contributed by atoms with Gasteiger partial charge < -0.3 is 19.9 Å². The van der Waals surface area contributed by atoms with E-state index >= 15 is 0 Å². The van der Waals surface area contributed by atoms with Crippen LogP contribution < -0.4 is 19.9 Å². The number of hydrogen-bond donors (Lipinski definition) is 1. The van der Waals surface area contributed by atoms with Crippen LogP contribution in [0.1, 0.15) is 31.4 Å². The van der Waals surface area contributed by atoms with Gasteiger partial charge in [-0.15, -0.1) is 0 Å². The first-order chi connectivity index (χ1) is 17.8. The quantitative estimate of drug-likeness (QED) is 0.558. The number of amides is 2. The Kier molecular flexibility index (Phi) is 5.46. The fourth-order valence-electron chi connectivity index (χ4n) is 4.94. The van der Waals surface area contributed by atoms with Gasteiger partial charge in [-0.1, -0.05) is 12.1 Å². The van der Waals surface area contributed by atoms with Crippen LogP contribution in [0, 0.1) is 0 Å². The molecule has 0 bridgehead atoms. The Hall–Kier alpha value is -4.22. The lowest BCUT2D eigenvalue weighted by Gasteiger charge is -2.31. The third-order valence-electron chi connectivity index (χ3n) is 6.71. The number of nitrogens with zero attached hydrogens (tertiary/aromatic N) is 5. The number of fused-ring (bicyclic) bond motifs is 3. The fraction of sp³-hybridized carbons (Fsp3) is 0.320. The predicted octanol–water partition coefficient (Wildman–Crippen LogP) is 4.32. The summed E-state index contributed by atoms with van der Waals surface area (Å²) in [6.07, 6.45) is 0.0542. The average molecular weight is 510 g/mol. The van der Waals surface area contributed by atoms with Gasteiger partial charge in [0.1, 0.15) is 12.3 Å². The van der Waals surface area contributed by atoms with E-state index in [4.69, 9.17) is 4.74 Å². The molecule has 3 aromatic rings. The smallest absolute Gasteiger partial charge is 0.434 e. The molecule has 5 heterocycles. The third kappa shape index (κ3) is 4.21. The molecule has 9 nitrogen and oxygen atoms in total. The Morgan fingerprint density at radius 2 is 1.84 bits per heavy atom. The van der Waals surface area contributed by atoms with Gasteiger partial charge >= 0.3 is 6.18 Å². The molecule has 0 aliphatic carbocycles. The number of anilines is 4. The van der Waals surface area contributed by atoms with Crippen molar-refractivity contribution in [2.75, 3.05) is 28.3 Å². The van der Waals surface area contributed by atoms with Gasteiger partial charge in [0.15, 0.2) is 5.69 Å². The number of ether oxygens (including phenoxy) is 1. The average Bonchev–Trinajstić information content (AvgIpc) is 3.49. The van der Waals surface area contributed by atoms with Gasteiger partial charge in [0.25, 0.3) is 0 Å². The maximum Gasteiger partial charge on any atom is 0.434 e. The van der Waals surface area contributed by atoms with Gasteiger partial charge in [-0.25, -0.2) is 15.0 Å². The Morgan fingerprint density at radius 1 is 1.03 bits per heavy atom. The van der Waals surface area contributed by atoms with E-state index in [1.54, 1.807) is 28.0 Å². The highest BCUT2D eigenvalue weighted by Crippen LogP contribution is 2.40. The fourth-order valence-corrected chi connectivity index (χ4v) is 4.94. The molecule has 1 atom stereocenters. The molecule has 0 spiro atoms. The topological polar surface area (TPSA) is 101 Å². The van der Waals surface area contributed by atoms with Gasteiger partial charge in [0.2, 0.25) is 23.6 Å². The van der Waals surface area contributed by atoms with Crippen molar-refractivity contribution < 1.29 is 27.5 Å². The van der Waals surface area contributed by atoms with Crippen LogP contribution in [0.4, 0.5) is 36.2 Å². The van der Waals surface area contributed by atoms with E-state index < -0.39 is 11.9 Å². The molecule has 37 heavy (non-hydrogen) atoms. The molecule has 1 aromatic carbocycles. The second-order valence-electron chi connectivity index (χ2n) is 9.09. The van der Waals surface area contributed by atoms with E-state index in [2.05, 4.69) is 20.3 Å². The lowest BCUT2D eigenvalue weighted by Crippen LogP contribution is -2.40. The molecule has 2 aromatic heterocycles. The summed E-state index contributed by atoms with van der Waals surface area (Å²) < 4.78 is 47.6. The van der Waals surface area contributed by atoms with E-state index in [0.29, 0.717) is 55.4 Å². The maximum atomic E-state index is 14.0. The summed E-state index contributed by atoms with van der Waals surface area (Å²) in [6, 6.07) is 7.81. The summed E-state index contributed by atoms with van der Waals surface area (Å²) in [5.74, 6) is -0.0228. The minimum atomic E-state index is -4.74. The van der Waals surface area contributed by atoms with Crippen LogP contribution in [0.3, 0.4) is 0 Å². The molecule has 3 aliphatic rings. The number of rotatable bonds is 4. The van der Waals surface area contributed by atoms with E-state index in [9.17, 15) is 22.8 Å². The second kappa shape index (κ2) is 8.71. The van der Waals surface area contributed by atoms with Gasteiger partial charge in [0, 0.05) is 36.8 Å². The Balaban J connectivity index is 1.29. The molecule has 2 amide bonds. The zero-order valence-corrected chi connectivity index (χ0v) is 19.5.